The van der Waals surface area contributed by atoms with Crippen LogP contribution in [-0.4, -0.2) is 14.9 Å². The standard InChI is InChI=1S/C17H22N2O/c1-3-14-11-15(19(4-2)18-14)10-13-9-12-7-5-6-8-16(12)17(13)20/h5-8,11,13,17,20H,3-4,9-10H2,1-2H3. The van der Waals surface area contributed by atoms with E-state index in [4.69, 9.17) is 0 Å². The second-order valence-electron chi connectivity index (χ2n) is 5.61. The summed E-state index contributed by atoms with van der Waals surface area (Å²) in [6.45, 7) is 5.15. The number of aryl methyl sites for hydroxylation is 2. The number of nitrogens with zero attached hydrogens (tertiary/aromatic N) is 2. The molecule has 2 aromatic rings. The van der Waals surface area contributed by atoms with Crippen molar-refractivity contribution in [1.82, 2.24) is 9.78 Å². The maximum absolute atomic E-state index is 10.5. The van der Waals surface area contributed by atoms with Crippen LogP contribution in [-0.2, 0) is 25.8 Å². The maximum atomic E-state index is 10.5. The Balaban J connectivity index is 1.81. The lowest BCUT2D eigenvalue weighted by Gasteiger charge is -2.15. The number of aromatic nitrogens is 2. The van der Waals surface area contributed by atoms with Gasteiger partial charge in [0.25, 0.3) is 0 Å². The maximum Gasteiger partial charge on any atom is 0.0827 e. The molecule has 3 rings (SSSR count). The van der Waals surface area contributed by atoms with Gasteiger partial charge in [-0.1, -0.05) is 31.2 Å². The average molecular weight is 270 g/mol. The van der Waals surface area contributed by atoms with Gasteiger partial charge in [-0.3, -0.25) is 4.68 Å². The first-order valence-electron chi connectivity index (χ1n) is 7.54. The first kappa shape index (κ1) is 13.4. The molecule has 0 bridgehead atoms. The fraction of sp³-hybridized carbons (Fsp3) is 0.471. The topological polar surface area (TPSA) is 38.0 Å². The van der Waals surface area contributed by atoms with Gasteiger partial charge in [0.15, 0.2) is 0 Å². The van der Waals surface area contributed by atoms with Crippen LogP contribution in [0.1, 0.15) is 42.5 Å². The van der Waals surface area contributed by atoms with Gasteiger partial charge in [0.2, 0.25) is 0 Å². The van der Waals surface area contributed by atoms with E-state index < -0.39 is 0 Å². The molecule has 0 radical (unpaired) electrons. The minimum atomic E-state index is -0.337. The molecule has 0 aliphatic heterocycles. The fourth-order valence-corrected chi connectivity index (χ4v) is 3.23. The molecule has 0 spiro atoms. The Kier molecular flexibility index (Phi) is 3.62. The molecule has 0 amide bonds. The molecule has 2 atom stereocenters. The molecule has 1 aliphatic rings. The highest BCUT2D eigenvalue weighted by Gasteiger charge is 2.31. The second-order valence-corrected chi connectivity index (χ2v) is 5.61. The third-order valence-corrected chi connectivity index (χ3v) is 4.35. The van der Waals surface area contributed by atoms with Gasteiger partial charge >= 0.3 is 0 Å². The minimum absolute atomic E-state index is 0.277. The van der Waals surface area contributed by atoms with Crippen molar-refractivity contribution in [3.8, 4) is 0 Å². The zero-order valence-electron chi connectivity index (χ0n) is 12.2. The van der Waals surface area contributed by atoms with Gasteiger partial charge in [0.1, 0.15) is 0 Å². The van der Waals surface area contributed by atoms with E-state index in [0.29, 0.717) is 0 Å². The van der Waals surface area contributed by atoms with Crippen molar-refractivity contribution >= 4 is 0 Å². The molecule has 0 saturated heterocycles. The Morgan fingerprint density at radius 1 is 1.30 bits per heavy atom. The molecule has 1 aromatic carbocycles. The number of benzene rings is 1. The first-order valence-corrected chi connectivity index (χ1v) is 7.54. The van der Waals surface area contributed by atoms with Crippen LogP contribution in [0.3, 0.4) is 0 Å². The molecule has 0 fully saturated rings. The molecule has 1 N–H and O–H groups in total. The average Bonchev–Trinajstić information content (AvgIpc) is 3.01. The third kappa shape index (κ3) is 2.27. The zero-order chi connectivity index (χ0) is 14.1. The van der Waals surface area contributed by atoms with Crippen LogP contribution in [0.25, 0.3) is 0 Å². The third-order valence-electron chi connectivity index (χ3n) is 4.35. The summed E-state index contributed by atoms with van der Waals surface area (Å²) in [5, 5.41) is 15.1. The molecule has 1 heterocycles. The number of aliphatic hydroxyl groups is 1. The lowest BCUT2D eigenvalue weighted by molar-refractivity contribution is 0.122. The van der Waals surface area contributed by atoms with Gasteiger partial charge in [-0.2, -0.15) is 5.10 Å². The van der Waals surface area contributed by atoms with Crippen molar-refractivity contribution in [2.75, 3.05) is 0 Å². The van der Waals surface area contributed by atoms with Crippen LogP contribution in [0.5, 0.6) is 0 Å². The summed E-state index contributed by atoms with van der Waals surface area (Å²) in [7, 11) is 0. The van der Waals surface area contributed by atoms with E-state index in [2.05, 4.69) is 47.9 Å². The SMILES string of the molecule is CCc1cc(CC2Cc3ccccc3C2O)n(CC)n1. The Morgan fingerprint density at radius 2 is 2.10 bits per heavy atom. The number of hydrogen-bond acceptors (Lipinski definition) is 2. The summed E-state index contributed by atoms with van der Waals surface area (Å²) < 4.78 is 2.08. The van der Waals surface area contributed by atoms with E-state index in [1.54, 1.807) is 0 Å². The molecule has 2 unspecified atom stereocenters. The van der Waals surface area contributed by atoms with Crippen molar-refractivity contribution in [3.05, 3.63) is 52.8 Å². The molecule has 3 heteroatoms. The van der Waals surface area contributed by atoms with E-state index >= 15 is 0 Å². The normalized spacial score (nSPS) is 21.1. The molecule has 106 valence electrons. The zero-order valence-corrected chi connectivity index (χ0v) is 12.2. The molecular formula is C17H22N2O. The van der Waals surface area contributed by atoms with E-state index in [9.17, 15) is 5.11 Å². The van der Waals surface area contributed by atoms with Crippen LogP contribution >= 0.6 is 0 Å². The van der Waals surface area contributed by atoms with Gasteiger partial charge in [-0.25, -0.2) is 0 Å². The summed E-state index contributed by atoms with van der Waals surface area (Å²) in [6, 6.07) is 10.4. The molecule has 3 nitrogen and oxygen atoms in total. The van der Waals surface area contributed by atoms with Gasteiger partial charge in [0.05, 0.1) is 11.8 Å². The van der Waals surface area contributed by atoms with E-state index in [0.717, 1.165) is 37.1 Å². The van der Waals surface area contributed by atoms with Crippen LogP contribution in [0.2, 0.25) is 0 Å². The molecule has 1 aromatic heterocycles. The lowest BCUT2D eigenvalue weighted by Crippen LogP contribution is -2.14. The summed E-state index contributed by atoms with van der Waals surface area (Å²) in [6.07, 6.45) is 2.49. The predicted octanol–water partition coefficient (Wildman–Crippen LogP) is 2.91. The van der Waals surface area contributed by atoms with Gasteiger partial charge < -0.3 is 5.11 Å². The molecule has 1 aliphatic carbocycles. The largest absolute Gasteiger partial charge is 0.388 e. The van der Waals surface area contributed by atoms with Crippen LogP contribution in [0, 0.1) is 5.92 Å². The Morgan fingerprint density at radius 3 is 2.80 bits per heavy atom. The lowest BCUT2D eigenvalue weighted by atomic mass is 9.97. The molecule has 20 heavy (non-hydrogen) atoms. The highest BCUT2D eigenvalue weighted by Crippen LogP contribution is 2.37. The Bertz CT molecular complexity index is 603. The van der Waals surface area contributed by atoms with Crippen molar-refractivity contribution < 1.29 is 5.11 Å². The van der Waals surface area contributed by atoms with Gasteiger partial charge in [-0.15, -0.1) is 0 Å². The summed E-state index contributed by atoms with van der Waals surface area (Å²) >= 11 is 0. The van der Waals surface area contributed by atoms with E-state index in [-0.39, 0.29) is 12.0 Å². The summed E-state index contributed by atoms with van der Waals surface area (Å²) in [4.78, 5) is 0. The van der Waals surface area contributed by atoms with Crippen molar-refractivity contribution in [2.24, 2.45) is 5.92 Å². The fourth-order valence-electron chi connectivity index (χ4n) is 3.23. The quantitative estimate of drug-likeness (QED) is 0.927. The van der Waals surface area contributed by atoms with Gasteiger partial charge in [-0.05, 0) is 49.3 Å². The highest BCUT2D eigenvalue weighted by atomic mass is 16.3. The number of fused-ring (bicyclic) bond motifs is 1. The van der Waals surface area contributed by atoms with Crippen LogP contribution in [0.15, 0.2) is 30.3 Å². The molecule has 0 saturated carbocycles. The van der Waals surface area contributed by atoms with E-state index in [1.165, 1.54) is 11.3 Å². The number of rotatable bonds is 4. The van der Waals surface area contributed by atoms with Crippen LogP contribution < -0.4 is 0 Å². The van der Waals surface area contributed by atoms with Crippen LogP contribution in [0.4, 0.5) is 0 Å². The summed E-state index contributed by atoms with van der Waals surface area (Å²) in [5.74, 6) is 0.277. The van der Waals surface area contributed by atoms with Crippen molar-refractivity contribution in [1.29, 1.82) is 0 Å². The number of aliphatic hydroxyl groups excluding tert-OH is 1. The smallest absolute Gasteiger partial charge is 0.0827 e. The second kappa shape index (κ2) is 5.41. The Labute approximate surface area is 120 Å². The minimum Gasteiger partial charge on any atom is -0.388 e. The predicted molar refractivity (Wildman–Crippen MR) is 79.6 cm³/mol. The Hall–Kier alpha value is -1.61. The van der Waals surface area contributed by atoms with Crippen molar-refractivity contribution in [2.45, 2.75) is 45.8 Å². The first-order chi connectivity index (χ1) is 9.72. The van der Waals surface area contributed by atoms with Crippen molar-refractivity contribution in [3.63, 3.8) is 0 Å². The number of hydrogen-bond donors (Lipinski definition) is 1. The van der Waals surface area contributed by atoms with Gasteiger partial charge in [0, 0.05) is 12.2 Å². The highest BCUT2D eigenvalue weighted by molar-refractivity contribution is 5.35. The monoisotopic (exact) mass is 270 g/mol. The molecular weight excluding hydrogens is 248 g/mol. The summed E-state index contributed by atoms with van der Waals surface area (Å²) in [5.41, 5.74) is 4.80. The van der Waals surface area contributed by atoms with E-state index in [1.807, 2.05) is 6.07 Å².